The minimum absolute atomic E-state index is 0.0820. The first-order valence-corrected chi connectivity index (χ1v) is 8.78. The maximum absolute atomic E-state index is 11.7. The second-order valence-electron chi connectivity index (χ2n) is 5.21. The normalized spacial score (nSPS) is 15.2. The lowest BCUT2D eigenvalue weighted by molar-refractivity contribution is 0.252. The van der Waals surface area contributed by atoms with Crippen LogP contribution < -0.4 is 15.4 Å². The quantitative estimate of drug-likeness (QED) is 0.713. The van der Waals surface area contributed by atoms with Crippen molar-refractivity contribution in [1.82, 2.24) is 10.0 Å². The van der Waals surface area contributed by atoms with E-state index in [-0.39, 0.29) is 12.3 Å². The van der Waals surface area contributed by atoms with Crippen LogP contribution in [0.5, 0.6) is 0 Å². The van der Waals surface area contributed by atoms with E-state index in [1.807, 2.05) is 18.2 Å². The molecule has 0 aromatic heterocycles. The Balaban J connectivity index is 1.64. The van der Waals surface area contributed by atoms with Gasteiger partial charge < -0.3 is 10.6 Å². The molecule has 1 saturated carbocycles. The molecule has 7 heteroatoms. The zero-order valence-electron chi connectivity index (χ0n) is 11.8. The van der Waals surface area contributed by atoms with E-state index in [0.29, 0.717) is 18.2 Å². The van der Waals surface area contributed by atoms with Crippen molar-refractivity contribution < 1.29 is 13.2 Å². The molecule has 0 radical (unpaired) electrons. The number of rotatable bonds is 7. The fourth-order valence-corrected chi connectivity index (χ4v) is 3.01. The van der Waals surface area contributed by atoms with Gasteiger partial charge in [-0.1, -0.05) is 24.6 Å². The summed E-state index contributed by atoms with van der Waals surface area (Å²) in [4.78, 5) is 11.6. The second-order valence-corrected chi connectivity index (χ2v) is 7.14. The van der Waals surface area contributed by atoms with Crippen LogP contribution in [0.25, 0.3) is 0 Å². The van der Waals surface area contributed by atoms with Gasteiger partial charge in [-0.15, -0.1) is 0 Å². The van der Waals surface area contributed by atoms with Crippen molar-refractivity contribution >= 4 is 21.7 Å². The number of urea groups is 1. The topological polar surface area (TPSA) is 87.3 Å². The molecule has 1 aliphatic carbocycles. The Labute approximate surface area is 125 Å². The van der Waals surface area contributed by atoms with E-state index in [9.17, 15) is 13.2 Å². The van der Waals surface area contributed by atoms with Gasteiger partial charge in [0.15, 0.2) is 0 Å². The molecule has 3 N–H and O–H groups in total. The predicted octanol–water partition coefficient (Wildman–Crippen LogP) is 1.53. The van der Waals surface area contributed by atoms with Crippen LogP contribution in [0.15, 0.2) is 30.3 Å². The van der Waals surface area contributed by atoms with Crippen LogP contribution in [-0.2, 0) is 10.0 Å². The van der Waals surface area contributed by atoms with E-state index >= 15 is 0 Å². The highest BCUT2D eigenvalue weighted by Crippen LogP contribution is 2.25. The highest BCUT2D eigenvalue weighted by molar-refractivity contribution is 7.89. The number of nitrogens with one attached hydrogen (secondary N) is 3. The van der Waals surface area contributed by atoms with Gasteiger partial charge in [-0.25, -0.2) is 17.9 Å². The average Bonchev–Trinajstić information content (AvgIpc) is 2.37. The number of para-hydroxylation sites is 1. The molecule has 0 saturated heterocycles. The maximum atomic E-state index is 11.7. The molecule has 2 amide bonds. The largest absolute Gasteiger partial charge is 0.337 e. The molecule has 116 valence electrons. The summed E-state index contributed by atoms with van der Waals surface area (Å²) in [5.74, 6) is 0.371. The van der Waals surface area contributed by atoms with Crippen LogP contribution >= 0.6 is 0 Å². The summed E-state index contributed by atoms with van der Waals surface area (Å²) in [5, 5.41) is 5.17. The Bertz CT molecular complexity index is 556. The standard InChI is InChI=1S/C14H21N3O3S/c18-14(17-13-7-2-1-3-8-13)15-9-10-21(19,20)16-11-12-5-4-6-12/h1-3,7-8,12,16H,4-6,9-11H2,(H2,15,17,18). The highest BCUT2D eigenvalue weighted by atomic mass is 32.2. The molecule has 0 aliphatic heterocycles. The first-order chi connectivity index (χ1) is 10.1. The predicted molar refractivity (Wildman–Crippen MR) is 82.6 cm³/mol. The molecule has 0 bridgehead atoms. The van der Waals surface area contributed by atoms with Gasteiger partial charge in [-0.05, 0) is 30.9 Å². The first-order valence-electron chi connectivity index (χ1n) is 7.12. The van der Waals surface area contributed by atoms with Gasteiger partial charge in [0, 0.05) is 18.8 Å². The van der Waals surface area contributed by atoms with Gasteiger partial charge >= 0.3 is 6.03 Å². The van der Waals surface area contributed by atoms with E-state index in [4.69, 9.17) is 0 Å². The summed E-state index contributed by atoms with van der Waals surface area (Å²) in [7, 11) is -3.31. The molecule has 1 aliphatic rings. The van der Waals surface area contributed by atoms with E-state index < -0.39 is 16.1 Å². The minimum Gasteiger partial charge on any atom is -0.337 e. The van der Waals surface area contributed by atoms with Crippen molar-refractivity contribution in [2.75, 3.05) is 24.2 Å². The van der Waals surface area contributed by atoms with Gasteiger partial charge in [-0.3, -0.25) is 0 Å². The Hall–Kier alpha value is -1.60. The van der Waals surface area contributed by atoms with Gasteiger partial charge in [0.05, 0.1) is 5.75 Å². The number of anilines is 1. The molecule has 2 rings (SSSR count). The number of hydrogen-bond acceptors (Lipinski definition) is 3. The Morgan fingerprint density at radius 3 is 2.52 bits per heavy atom. The summed E-state index contributed by atoms with van der Waals surface area (Å²) >= 11 is 0. The Morgan fingerprint density at radius 2 is 1.90 bits per heavy atom. The second kappa shape index (κ2) is 7.42. The Kier molecular flexibility index (Phi) is 5.58. The van der Waals surface area contributed by atoms with Gasteiger partial charge in [0.2, 0.25) is 10.0 Å². The summed E-state index contributed by atoms with van der Waals surface area (Å²) in [6.45, 7) is 0.594. The molecule has 0 atom stereocenters. The third kappa shape index (κ3) is 5.73. The molecule has 1 aromatic rings. The summed E-state index contributed by atoms with van der Waals surface area (Å²) in [6, 6.07) is 8.58. The maximum Gasteiger partial charge on any atom is 0.319 e. The lowest BCUT2D eigenvalue weighted by Crippen LogP contribution is -2.38. The molecule has 21 heavy (non-hydrogen) atoms. The van der Waals surface area contributed by atoms with E-state index in [2.05, 4.69) is 15.4 Å². The smallest absolute Gasteiger partial charge is 0.319 e. The van der Waals surface area contributed by atoms with Crippen LogP contribution in [0, 0.1) is 5.92 Å². The number of carbonyl (C=O) groups is 1. The van der Waals surface area contributed by atoms with Crippen molar-refractivity contribution in [3.8, 4) is 0 Å². The van der Waals surface area contributed by atoms with Crippen molar-refractivity contribution in [2.45, 2.75) is 19.3 Å². The van der Waals surface area contributed by atoms with Crippen molar-refractivity contribution in [3.05, 3.63) is 30.3 Å². The van der Waals surface area contributed by atoms with Crippen molar-refractivity contribution in [2.24, 2.45) is 5.92 Å². The van der Waals surface area contributed by atoms with Crippen LogP contribution in [-0.4, -0.2) is 33.3 Å². The monoisotopic (exact) mass is 311 g/mol. The molecular formula is C14H21N3O3S. The fraction of sp³-hybridized carbons (Fsp3) is 0.500. The molecule has 1 aromatic carbocycles. The zero-order chi connectivity index (χ0) is 15.1. The summed E-state index contributed by atoms with van der Waals surface area (Å²) in [6.07, 6.45) is 3.38. The van der Waals surface area contributed by atoms with Crippen LogP contribution in [0.3, 0.4) is 0 Å². The van der Waals surface area contributed by atoms with Crippen molar-refractivity contribution in [1.29, 1.82) is 0 Å². The number of benzene rings is 1. The molecule has 0 unspecified atom stereocenters. The molecule has 0 spiro atoms. The number of amides is 2. The highest BCUT2D eigenvalue weighted by Gasteiger charge is 2.20. The summed E-state index contributed by atoms with van der Waals surface area (Å²) < 4.78 is 26.0. The minimum atomic E-state index is -3.31. The molecule has 6 nitrogen and oxygen atoms in total. The number of sulfonamides is 1. The molecule has 1 fully saturated rings. The average molecular weight is 311 g/mol. The number of hydrogen-bond donors (Lipinski definition) is 3. The third-order valence-electron chi connectivity index (χ3n) is 3.50. The lowest BCUT2D eigenvalue weighted by atomic mass is 9.86. The molecule has 0 heterocycles. The third-order valence-corrected chi connectivity index (χ3v) is 4.85. The van der Waals surface area contributed by atoms with Crippen molar-refractivity contribution in [3.63, 3.8) is 0 Å². The number of carbonyl (C=O) groups excluding carboxylic acids is 1. The zero-order valence-corrected chi connectivity index (χ0v) is 12.7. The van der Waals surface area contributed by atoms with Crippen LogP contribution in [0.1, 0.15) is 19.3 Å². The van der Waals surface area contributed by atoms with E-state index in [1.54, 1.807) is 12.1 Å². The van der Waals surface area contributed by atoms with Crippen LogP contribution in [0.2, 0.25) is 0 Å². The first kappa shape index (κ1) is 15.8. The van der Waals surface area contributed by atoms with Crippen LogP contribution in [0.4, 0.5) is 10.5 Å². The van der Waals surface area contributed by atoms with Gasteiger partial charge in [-0.2, -0.15) is 0 Å². The lowest BCUT2D eigenvalue weighted by Gasteiger charge is -2.25. The SMILES string of the molecule is O=C(NCCS(=O)(=O)NCC1CCC1)Nc1ccccc1. The fourth-order valence-electron chi connectivity index (χ4n) is 2.01. The van der Waals surface area contributed by atoms with Gasteiger partial charge in [0.25, 0.3) is 0 Å². The van der Waals surface area contributed by atoms with Gasteiger partial charge in [0.1, 0.15) is 0 Å². The molecular weight excluding hydrogens is 290 g/mol. The van der Waals surface area contributed by atoms with E-state index in [1.165, 1.54) is 6.42 Å². The Morgan fingerprint density at radius 1 is 1.19 bits per heavy atom. The van der Waals surface area contributed by atoms with E-state index in [0.717, 1.165) is 12.8 Å². The summed E-state index contributed by atoms with van der Waals surface area (Å²) in [5.41, 5.74) is 0.668.